The first-order valence-electron chi connectivity index (χ1n) is 13.4. The van der Waals surface area contributed by atoms with Crippen LogP contribution in [-0.4, -0.2) is 77.9 Å². The Hall–Kier alpha value is -4.19. The summed E-state index contributed by atoms with van der Waals surface area (Å²) in [6.45, 7) is 10.4. The van der Waals surface area contributed by atoms with E-state index in [0.29, 0.717) is 12.2 Å². The molecule has 0 unspecified atom stereocenters. The number of nitrogens with zero attached hydrogens (tertiary/aromatic N) is 4. The number of urea groups is 1. The fourth-order valence-electron chi connectivity index (χ4n) is 5.06. The minimum absolute atomic E-state index is 0.0279. The third-order valence-corrected chi connectivity index (χ3v) is 8.32. The highest BCUT2D eigenvalue weighted by molar-refractivity contribution is 7.92. The number of benzene rings is 2. The minimum Gasteiger partial charge on any atom is -0.475 e. The number of carbonyl (C=O) groups excluding carboxylic acids is 2. The van der Waals surface area contributed by atoms with Crippen LogP contribution in [0.25, 0.3) is 11.3 Å². The first-order chi connectivity index (χ1) is 19.3. The first kappa shape index (κ1) is 28.3. The van der Waals surface area contributed by atoms with Gasteiger partial charge < -0.3 is 19.9 Å². The Balaban J connectivity index is 1.58. The van der Waals surface area contributed by atoms with E-state index >= 15 is 0 Å². The summed E-state index contributed by atoms with van der Waals surface area (Å²) >= 11 is 0. The van der Waals surface area contributed by atoms with Crippen LogP contribution in [0.3, 0.4) is 0 Å². The molecular formula is C29H34N6O5S. The van der Waals surface area contributed by atoms with Gasteiger partial charge in [0.05, 0.1) is 16.6 Å². The Kier molecular flexibility index (Phi) is 7.37. The van der Waals surface area contributed by atoms with Crippen LogP contribution in [-0.2, 0) is 10.0 Å². The summed E-state index contributed by atoms with van der Waals surface area (Å²) in [6, 6.07) is 12.6. The Morgan fingerprint density at radius 1 is 1.05 bits per heavy atom. The summed E-state index contributed by atoms with van der Waals surface area (Å²) in [5.41, 5.74) is 3.04. The second-order valence-corrected chi connectivity index (χ2v) is 13.1. The van der Waals surface area contributed by atoms with Crippen molar-refractivity contribution in [2.45, 2.75) is 51.1 Å². The van der Waals surface area contributed by atoms with E-state index in [9.17, 15) is 18.0 Å². The number of ether oxygens (including phenoxy) is 1. The molecule has 1 atom stereocenters. The van der Waals surface area contributed by atoms with Crippen molar-refractivity contribution in [2.75, 3.05) is 31.0 Å². The zero-order valence-electron chi connectivity index (χ0n) is 23.8. The minimum atomic E-state index is -4.13. The average molecular weight is 579 g/mol. The van der Waals surface area contributed by atoms with E-state index in [1.807, 2.05) is 52.8 Å². The van der Waals surface area contributed by atoms with Crippen molar-refractivity contribution in [3.05, 3.63) is 65.2 Å². The number of rotatable bonds is 1. The molecule has 2 aromatic carbocycles. The molecule has 41 heavy (non-hydrogen) atoms. The Morgan fingerprint density at radius 3 is 2.46 bits per heavy atom. The van der Waals surface area contributed by atoms with Crippen LogP contribution in [0.5, 0.6) is 5.88 Å². The maximum absolute atomic E-state index is 13.7. The standard InChI is InChI=1S/C29H34N6O5S/c1-18-8-6-9-19(2)25(18)23-15-24-31-27(30-23)33-41(38,39)22-11-7-10-20(14-22)26(36)35-13-12-34(16-21(35)17-40-24)28(37)32-29(3,4)5/h6-11,14-15,21H,12-13,16-17H2,1-5H3,(H,32,37)(H,30,31,33)/t21-/m1/s1. The Morgan fingerprint density at radius 2 is 1.76 bits per heavy atom. The van der Waals surface area contributed by atoms with Gasteiger partial charge in [0.1, 0.15) is 6.61 Å². The summed E-state index contributed by atoms with van der Waals surface area (Å²) in [7, 11) is -4.13. The van der Waals surface area contributed by atoms with E-state index in [-0.39, 0.29) is 53.9 Å². The fourth-order valence-corrected chi connectivity index (χ4v) is 6.05. The van der Waals surface area contributed by atoms with E-state index in [4.69, 9.17) is 4.74 Å². The highest BCUT2D eigenvalue weighted by Crippen LogP contribution is 2.30. The van der Waals surface area contributed by atoms with E-state index in [0.717, 1.165) is 16.7 Å². The number of hydrogen-bond acceptors (Lipinski definition) is 7. The zero-order valence-corrected chi connectivity index (χ0v) is 24.6. The van der Waals surface area contributed by atoms with E-state index < -0.39 is 21.6 Å². The molecule has 0 aliphatic carbocycles. The lowest BCUT2D eigenvalue weighted by Gasteiger charge is -2.42. The lowest BCUT2D eigenvalue weighted by Crippen LogP contribution is -2.61. The lowest BCUT2D eigenvalue weighted by molar-refractivity contribution is 0.0390. The molecule has 11 nitrogen and oxygen atoms in total. The number of anilines is 1. The molecule has 12 heteroatoms. The summed E-state index contributed by atoms with van der Waals surface area (Å²) in [6.07, 6.45) is 0. The van der Waals surface area contributed by atoms with Crippen molar-refractivity contribution in [3.8, 4) is 17.1 Å². The van der Waals surface area contributed by atoms with Crippen LogP contribution >= 0.6 is 0 Å². The van der Waals surface area contributed by atoms with Gasteiger partial charge in [-0.3, -0.25) is 4.79 Å². The molecule has 1 saturated heterocycles. The SMILES string of the molecule is Cc1cccc(C)c1-c1cc2nc(n1)NS(=O)(=O)c1cccc(c1)C(=O)N1CCN(C(=O)NC(C)(C)C)C[C@@H]1CO2. The average Bonchev–Trinajstić information content (AvgIpc) is 2.90. The van der Waals surface area contributed by atoms with Crippen molar-refractivity contribution in [1.29, 1.82) is 0 Å². The molecule has 3 heterocycles. The maximum atomic E-state index is 13.7. The molecule has 2 aliphatic rings. The number of amides is 3. The second-order valence-electron chi connectivity index (χ2n) is 11.4. The first-order valence-corrected chi connectivity index (χ1v) is 14.9. The van der Waals surface area contributed by atoms with Crippen molar-refractivity contribution in [1.82, 2.24) is 25.1 Å². The van der Waals surface area contributed by atoms with Crippen LogP contribution in [0.1, 0.15) is 42.3 Å². The third kappa shape index (κ3) is 6.12. The van der Waals surface area contributed by atoms with Crippen LogP contribution in [0.2, 0.25) is 0 Å². The summed E-state index contributed by atoms with van der Waals surface area (Å²) in [5, 5.41) is 2.97. The van der Waals surface area contributed by atoms with Crippen molar-refractivity contribution >= 4 is 27.9 Å². The number of fused-ring (bicyclic) bond motifs is 5. The molecule has 0 spiro atoms. The van der Waals surface area contributed by atoms with Gasteiger partial charge in [0, 0.05) is 42.4 Å². The Labute approximate surface area is 240 Å². The van der Waals surface area contributed by atoms with Gasteiger partial charge in [-0.25, -0.2) is 22.9 Å². The maximum Gasteiger partial charge on any atom is 0.317 e. The second kappa shape index (κ2) is 10.7. The summed E-state index contributed by atoms with van der Waals surface area (Å²) in [5.74, 6) is -0.354. The highest BCUT2D eigenvalue weighted by atomic mass is 32.2. The van der Waals surface area contributed by atoms with Gasteiger partial charge in [-0.05, 0) is 63.9 Å². The number of aromatic nitrogens is 2. The number of carbonyl (C=O) groups is 2. The van der Waals surface area contributed by atoms with Gasteiger partial charge in [0.15, 0.2) is 0 Å². The van der Waals surface area contributed by atoms with Crippen LogP contribution < -0.4 is 14.8 Å². The number of hydrogen-bond donors (Lipinski definition) is 2. The number of aryl methyl sites for hydroxylation is 2. The highest BCUT2D eigenvalue weighted by Gasteiger charge is 2.35. The topological polar surface area (TPSA) is 134 Å². The predicted octanol–water partition coefficient (Wildman–Crippen LogP) is 3.59. The van der Waals surface area contributed by atoms with Crippen molar-refractivity contribution in [3.63, 3.8) is 0 Å². The number of nitrogens with one attached hydrogen (secondary N) is 2. The van der Waals surface area contributed by atoms with Gasteiger partial charge in [-0.1, -0.05) is 24.3 Å². The van der Waals surface area contributed by atoms with Gasteiger partial charge in [0.2, 0.25) is 11.8 Å². The molecule has 2 N–H and O–H groups in total. The third-order valence-electron chi connectivity index (χ3n) is 6.99. The smallest absolute Gasteiger partial charge is 0.317 e. The molecule has 2 aliphatic heterocycles. The van der Waals surface area contributed by atoms with Crippen LogP contribution in [0, 0.1) is 13.8 Å². The largest absolute Gasteiger partial charge is 0.475 e. The predicted molar refractivity (Wildman–Crippen MR) is 154 cm³/mol. The molecule has 0 radical (unpaired) electrons. The van der Waals surface area contributed by atoms with Gasteiger partial charge >= 0.3 is 6.03 Å². The summed E-state index contributed by atoms with van der Waals surface area (Å²) in [4.78, 5) is 38.7. The molecule has 1 aromatic heterocycles. The van der Waals surface area contributed by atoms with E-state index in [1.165, 1.54) is 18.2 Å². The Bertz CT molecular complexity index is 1600. The van der Waals surface area contributed by atoms with E-state index in [2.05, 4.69) is 20.0 Å². The van der Waals surface area contributed by atoms with Gasteiger partial charge in [-0.2, -0.15) is 4.98 Å². The van der Waals surface area contributed by atoms with Crippen molar-refractivity contribution in [2.24, 2.45) is 0 Å². The van der Waals surface area contributed by atoms with Crippen molar-refractivity contribution < 1.29 is 22.7 Å². The molecule has 3 amide bonds. The lowest BCUT2D eigenvalue weighted by atomic mass is 10.00. The molecule has 1 fully saturated rings. The van der Waals surface area contributed by atoms with Gasteiger partial charge in [-0.15, -0.1) is 0 Å². The summed E-state index contributed by atoms with van der Waals surface area (Å²) < 4.78 is 35.3. The number of piperazine rings is 1. The molecule has 0 saturated carbocycles. The van der Waals surface area contributed by atoms with E-state index in [1.54, 1.807) is 21.9 Å². The fraction of sp³-hybridized carbons (Fsp3) is 0.379. The van der Waals surface area contributed by atoms with Gasteiger partial charge in [0.25, 0.3) is 15.9 Å². The molecule has 3 aromatic rings. The monoisotopic (exact) mass is 578 g/mol. The van der Waals surface area contributed by atoms with Crippen LogP contribution in [0.4, 0.5) is 10.7 Å². The zero-order chi connectivity index (χ0) is 29.5. The quantitative estimate of drug-likeness (QED) is 0.451. The molecule has 5 rings (SSSR count). The normalized spacial score (nSPS) is 18.6. The molecule has 216 valence electrons. The molecule has 4 bridgehead atoms. The number of sulfonamides is 1. The van der Waals surface area contributed by atoms with Crippen LogP contribution in [0.15, 0.2) is 53.4 Å². The molecular weight excluding hydrogens is 544 g/mol.